The molecule has 0 aliphatic heterocycles. The molecule has 15 heavy (non-hydrogen) atoms. The molecule has 1 atom stereocenters. The SMILES string of the molecule is CCC(NCc1ccsc1)c1ccco1. The first kappa shape index (κ1) is 10.5. The van der Waals surface area contributed by atoms with Crippen LogP contribution in [0.3, 0.4) is 0 Å². The summed E-state index contributed by atoms with van der Waals surface area (Å²) in [5, 5.41) is 7.76. The van der Waals surface area contributed by atoms with E-state index < -0.39 is 0 Å². The molecule has 3 heteroatoms. The highest BCUT2D eigenvalue weighted by atomic mass is 32.1. The minimum Gasteiger partial charge on any atom is -0.468 e. The van der Waals surface area contributed by atoms with E-state index in [2.05, 4.69) is 29.1 Å². The second-order valence-corrected chi connectivity index (χ2v) is 4.27. The molecule has 0 fully saturated rings. The van der Waals surface area contributed by atoms with E-state index in [9.17, 15) is 0 Å². The van der Waals surface area contributed by atoms with E-state index in [4.69, 9.17) is 4.42 Å². The second kappa shape index (κ2) is 5.14. The molecule has 0 saturated carbocycles. The highest BCUT2D eigenvalue weighted by molar-refractivity contribution is 7.07. The first-order valence-corrected chi connectivity index (χ1v) is 6.12. The van der Waals surface area contributed by atoms with E-state index in [0.717, 1.165) is 18.7 Å². The highest BCUT2D eigenvalue weighted by Crippen LogP contribution is 2.17. The van der Waals surface area contributed by atoms with E-state index in [0.29, 0.717) is 6.04 Å². The van der Waals surface area contributed by atoms with Crippen molar-refractivity contribution in [2.75, 3.05) is 0 Å². The van der Waals surface area contributed by atoms with Crippen LogP contribution in [0.2, 0.25) is 0 Å². The Kier molecular flexibility index (Phi) is 3.59. The highest BCUT2D eigenvalue weighted by Gasteiger charge is 2.10. The van der Waals surface area contributed by atoms with Crippen LogP contribution < -0.4 is 5.32 Å². The predicted octanol–water partition coefficient (Wildman–Crippen LogP) is 3.58. The Morgan fingerprint density at radius 1 is 1.47 bits per heavy atom. The van der Waals surface area contributed by atoms with Crippen LogP contribution >= 0.6 is 11.3 Å². The lowest BCUT2D eigenvalue weighted by atomic mass is 10.1. The smallest absolute Gasteiger partial charge is 0.120 e. The zero-order valence-electron chi connectivity index (χ0n) is 8.77. The monoisotopic (exact) mass is 221 g/mol. The van der Waals surface area contributed by atoms with Crippen LogP contribution in [0, 0.1) is 0 Å². The normalized spacial score (nSPS) is 12.9. The van der Waals surface area contributed by atoms with Gasteiger partial charge in [0.05, 0.1) is 12.3 Å². The molecule has 0 aromatic carbocycles. The molecular weight excluding hydrogens is 206 g/mol. The third-order valence-electron chi connectivity index (χ3n) is 2.43. The maximum Gasteiger partial charge on any atom is 0.120 e. The Bertz CT molecular complexity index is 366. The van der Waals surface area contributed by atoms with Crippen molar-refractivity contribution >= 4 is 11.3 Å². The van der Waals surface area contributed by atoms with Crippen LogP contribution in [0.15, 0.2) is 39.6 Å². The van der Waals surface area contributed by atoms with Gasteiger partial charge in [-0.15, -0.1) is 0 Å². The summed E-state index contributed by atoms with van der Waals surface area (Å²) < 4.78 is 5.40. The molecule has 0 saturated heterocycles. The summed E-state index contributed by atoms with van der Waals surface area (Å²) in [6, 6.07) is 6.42. The maximum atomic E-state index is 5.40. The van der Waals surface area contributed by atoms with Crippen LogP contribution in [-0.2, 0) is 6.54 Å². The van der Waals surface area contributed by atoms with Gasteiger partial charge in [-0.3, -0.25) is 0 Å². The largest absolute Gasteiger partial charge is 0.468 e. The van der Waals surface area contributed by atoms with Crippen molar-refractivity contribution in [2.24, 2.45) is 0 Å². The van der Waals surface area contributed by atoms with Gasteiger partial charge < -0.3 is 9.73 Å². The maximum absolute atomic E-state index is 5.40. The van der Waals surface area contributed by atoms with Gasteiger partial charge in [0.2, 0.25) is 0 Å². The molecule has 2 aromatic heterocycles. The van der Waals surface area contributed by atoms with Gasteiger partial charge in [0, 0.05) is 6.54 Å². The molecule has 2 rings (SSSR count). The molecule has 0 aliphatic carbocycles. The first-order valence-electron chi connectivity index (χ1n) is 5.18. The number of hydrogen-bond acceptors (Lipinski definition) is 3. The Balaban J connectivity index is 1.92. The van der Waals surface area contributed by atoms with E-state index in [1.807, 2.05) is 12.1 Å². The van der Waals surface area contributed by atoms with E-state index >= 15 is 0 Å². The van der Waals surface area contributed by atoms with Crippen LogP contribution in [0.4, 0.5) is 0 Å². The summed E-state index contributed by atoms with van der Waals surface area (Å²) in [7, 11) is 0. The molecule has 0 bridgehead atoms. The predicted molar refractivity (Wildman–Crippen MR) is 62.9 cm³/mol. The molecule has 0 spiro atoms. The van der Waals surface area contributed by atoms with E-state index in [1.54, 1.807) is 17.6 Å². The topological polar surface area (TPSA) is 25.2 Å². The molecule has 0 amide bonds. The summed E-state index contributed by atoms with van der Waals surface area (Å²) in [4.78, 5) is 0. The second-order valence-electron chi connectivity index (χ2n) is 3.49. The Labute approximate surface area is 93.9 Å². The van der Waals surface area contributed by atoms with Gasteiger partial charge >= 0.3 is 0 Å². The summed E-state index contributed by atoms with van der Waals surface area (Å²) in [5.74, 6) is 1.02. The van der Waals surface area contributed by atoms with Gasteiger partial charge in [0.25, 0.3) is 0 Å². The van der Waals surface area contributed by atoms with Gasteiger partial charge in [-0.1, -0.05) is 6.92 Å². The average molecular weight is 221 g/mol. The fourth-order valence-corrected chi connectivity index (χ4v) is 2.24. The molecule has 0 aliphatic rings. The van der Waals surface area contributed by atoms with Crippen LogP contribution in [0.5, 0.6) is 0 Å². The number of furan rings is 1. The first-order chi connectivity index (χ1) is 7.40. The third-order valence-corrected chi connectivity index (χ3v) is 3.16. The lowest BCUT2D eigenvalue weighted by Crippen LogP contribution is -2.19. The molecule has 2 heterocycles. The van der Waals surface area contributed by atoms with Gasteiger partial charge in [-0.05, 0) is 40.9 Å². The van der Waals surface area contributed by atoms with Crippen molar-refractivity contribution < 1.29 is 4.42 Å². The molecule has 2 nitrogen and oxygen atoms in total. The van der Waals surface area contributed by atoms with Gasteiger partial charge in [0.1, 0.15) is 5.76 Å². The van der Waals surface area contributed by atoms with Crippen molar-refractivity contribution in [2.45, 2.75) is 25.9 Å². The van der Waals surface area contributed by atoms with Crippen molar-refractivity contribution in [3.8, 4) is 0 Å². The summed E-state index contributed by atoms with van der Waals surface area (Å²) in [5.41, 5.74) is 1.34. The van der Waals surface area contributed by atoms with Crippen LogP contribution in [0.25, 0.3) is 0 Å². The number of hydrogen-bond donors (Lipinski definition) is 1. The third kappa shape index (κ3) is 2.70. The molecule has 0 radical (unpaired) electrons. The minimum atomic E-state index is 0.319. The van der Waals surface area contributed by atoms with Crippen molar-refractivity contribution in [1.29, 1.82) is 0 Å². The Morgan fingerprint density at radius 3 is 3.00 bits per heavy atom. The molecule has 1 unspecified atom stereocenters. The fraction of sp³-hybridized carbons (Fsp3) is 0.333. The van der Waals surface area contributed by atoms with Gasteiger partial charge in [-0.25, -0.2) is 0 Å². The lowest BCUT2D eigenvalue weighted by molar-refractivity contribution is 0.403. The Morgan fingerprint density at radius 2 is 2.40 bits per heavy atom. The summed E-state index contributed by atoms with van der Waals surface area (Å²) >= 11 is 1.73. The molecular formula is C12H15NOS. The fourth-order valence-electron chi connectivity index (χ4n) is 1.57. The van der Waals surface area contributed by atoms with E-state index in [1.165, 1.54) is 5.56 Å². The molecule has 80 valence electrons. The summed E-state index contributed by atoms with van der Waals surface area (Å²) in [6.45, 7) is 3.07. The quantitative estimate of drug-likeness (QED) is 0.834. The van der Waals surface area contributed by atoms with E-state index in [-0.39, 0.29) is 0 Å². The zero-order chi connectivity index (χ0) is 10.5. The molecule has 2 aromatic rings. The molecule has 1 N–H and O–H groups in total. The van der Waals surface area contributed by atoms with Crippen molar-refractivity contribution in [1.82, 2.24) is 5.32 Å². The average Bonchev–Trinajstić information content (AvgIpc) is 2.90. The minimum absolute atomic E-state index is 0.319. The van der Waals surface area contributed by atoms with Crippen LogP contribution in [0.1, 0.15) is 30.7 Å². The van der Waals surface area contributed by atoms with Gasteiger partial charge in [-0.2, -0.15) is 11.3 Å². The Hall–Kier alpha value is -1.06. The summed E-state index contributed by atoms with van der Waals surface area (Å²) in [6.07, 6.45) is 2.77. The van der Waals surface area contributed by atoms with Crippen molar-refractivity contribution in [3.05, 3.63) is 46.5 Å². The number of thiophene rings is 1. The standard InChI is InChI=1S/C12H15NOS/c1-2-11(12-4-3-6-14-12)13-8-10-5-7-15-9-10/h3-7,9,11,13H,2,8H2,1H3. The van der Waals surface area contributed by atoms with Gasteiger partial charge in [0.15, 0.2) is 0 Å². The number of rotatable bonds is 5. The lowest BCUT2D eigenvalue weighted by Gasteiger charge is -2.13. The van der Waals surface area contributed by atoms with Crippen molar-refractivity contribution in [3.63, 3.8) is 0 Å². The number of nitrogens with one attached hydrogen (secondary N) is 1. The van der Waals surface area contributed by atoms with Crippen LogP contribution in [-0.4, -0.2) is 0 Å². The zero-order valence-corrected chi connectivity index (χ0v) is 9.59.